The van der Waals surface area contributed by atoms with Crippen LogP contribution in [0.5, 0.6) is 6.01 Å². The number of thiazole rings is 1. The molecule has 0 bridgehead atoms. The summed E-state index contributed by atoms with van der Waals surface area (Å²) < 4.78 is 5.04. The molecular formula is C11H16N6OS. The Labute approximate surface area is 115 Å². The van der Waals surface area contributed by atoms with E-state index in [9.17, 15) is 0 Å². The van der Waals surface area contributed by atoms with Crippen LogP contribution in [0.15, 0.2) is 5.38 Å². The van der Waals surface area contributed by atoms with Crippen LogP contribution in [0.2, 0.25) is 0 Å². The molecule has 19 heavy (non-hydrogen) atoms. The largest absolute Gasteiger partial charge is 0.467 e. The average molecular weight is 280 g/mol. The normalized spacial score (nSPS) is 10.3. The van der Waals surface area contributed by atoms with Gasteiger partial charge in [-0.05, 0) is 13.8 Å². The van der Waals surface area contributed by atoms with E-state index in [2.05, 4.69) is 30.6 Å². The van der Waals surface area contributed by atoms with E-state index in [-0.39, 0.29) is 6.01 Å². The minimum Gasteiger partial charge on any atom is -0.467 e. The van der Waals surface area contributed by atoms with Gasteiger partial charge in [0.1, 0.15) is 0 Å². The van der Waals surface area contributed by atoms with Crippen LogP contribution in [0.3, 0.4) is 0 Å². The van der Waals surface area contributed by atoms with Crippen molar-refractivity contribution < 1.29 is 4.74 Å². The number of rotatable bonds is 6. The van der Waals surface area contributed by atoms with Crippen LogP contribution in [-0.4, -0.2) is 33.6 Å². The van der Waals surface area contributed by atoms with Gasteiger partial charge in [0.2, 0.25) is 11.9 Å². The number of hydrogen-bond acceptors (Lipinski definition) is 8. The Morgan fingerprint density at radius 2 is 1.89 bits per heavy atom. The van der Waals surface area contributed by atoms with E-state index in [1.54, 1.807) is 11.3 Å². The van der Waals surface area contributed by atoms with Crippen LogP contribution in [0, 0.1) is 6.92 Å². The first-order chi connectivity index (χ1) is 9.21. The second-order valence-electron chi connectivity index (χ2n) is 3.71. The van der Waals surface area contributed by atoms with Crippen molar-refractivity contribution in [1.82, 2.24) is 19.9 Å². The molecule has 2 rings (SSSR count). The lowest BCUT2D eigenvalue weighted by Gasteiger charge is -2.07. The van der Waals surface area contributed by atoms with Crippen molar-refractivity contribution in [3.63, 3.8) is 0 Å². The Bertz CT molecular complexity index is 544. The van der Waals surface area contributed by atoms with Crippen molar-refractivity contribution in [1.29, 1.82) is 0 Å². The van der Waals surface area contributed by atoms with Gasteiger partial charge in [0.05, 0.1) is 24.4 Å². The van der Waals surface area contributed by atoms with Gasteiger partial charge < -0.3 is 15.4 Å². The Balaban J connectivity index is 2.08. The minimum atomic E-state index is 0.280. The topological polar surface area (TPSA) is 84.9 Å². The molecule has 0 atom stereocenters. The van der Waals surface area contributed by atoms with E-state index in [0.29, 0.717) is 18.4 Å². The van der Waals surface area contributed by atoms with Gasteiger partial charge in [-0.15, -0.1) is 11.3 Å². The maximum atomic E-state index is 5.04. The van der Waals surface area contributed by atoms with Crippen LogP contribution in [0.25, 0.3) is 0 Å². The van der Waals surface area contributed by atoms with Crippen LogP contribution < -0.4 is 15.4 Å². The monoisotopic (exact) mass is 280 g/mol. The Hall–Kier alpha value is -1.96. The van der Waals surface area contributed by atoms with Crippen LogP contribution in [-0.2, 0) is 6.54 Å². The molecule has 2 aromatic heterocycles. The van der Waals surface area contributed by atoms with Crippen molar-refractivity contribution >= 4 is 23.2 Å². The lowest BCUT2D eigenvalue weighted by Crippen LogP contribution is -2.10. The molecule has 0 amide bonds. The molecule has 0 fully saturated rings. The van der Waals surface area contributed by atoms with Crippen molar-refractivity contribution in [2.24, 2.45) is 0 Å². The molecule has 2 aromatic rings. The van der Waals surface area contributed by atoms with Gasteiger partial charge in [0.15, 0.2) is 0 Å². The summed E-state index contributed by atoms with van der Waals surface area (Å²) in [6, 6.07) is 0.280. The summed E-state index contributed by atoms with van der Waals surface area (Å²) in [7, 11) is 1.53. The first-order valence-electron chi connectivity index (χ1n) is 5.90. The second kappa shape index (κ2) is 6.28. The molecule has 0 saturated heterocycles. The van der Waals surface area contributed by atoms with Gasteiger partial charge in [-0.25, -0.2) is 4.98 Å². The van der Waals surface area contributed by atoms with Crippen LogP contribution >= 0.6 is 11.3 Å². The zero-order valence-corrected chi connectivity index (χ0v) is 11.9. The molecule has 8 heteroatoms. The first kappa shape index (κ1) is 13.5. The Morgan fingerprint density at radius 1 is 1.16 bits per heavy atom. The van der Waals surface area contributed by atoms with E-state index in [4.69, 9.17) is 4.74 Å². The van der Waals surface area contributed by atoms with Gasteiger partial charge in [0.25, 0.3) is 0 Å². The van der Waals surface area contributed by atoms with Crippen molar-refractivity contribution in [2.75, 3.05) is 24.3 Å². The van der Waals surface area contributed by atoms with Gasteiger partial charge >= 0.3 is 6.01 Å². The highest BCUT2D eigenvalue weighted by Gasteiger charge is 2.06. The second-order valence-corrected chi connectivity index (χ2v) is 4.77. The minimum absolute atomic E-state index is 0.280. The van der Waals surface area contributed by atoms with Crippen LogP contribution in [0.4, 0.5) is 11.9 Å². The third-order valence-electron chi connectivity index (χ3n) is 2.23. The molecule has 0 unspecified atom stereocenters. The van der Waals surface area contributed by atoms with Gasteiger partial charge in [-0.2, -0.15) is 15.0 Å². The van der Waals surface area contributed by atoms with E-state index in [1.165, 1.54) is 7.11 Å². The summed E-state index contributed by atoms with van der Waals surface area (Å²) in [6.07, 6.45) is 0. The highest BCUT2D eigenvalue weighted by Crippen LogP contribution is 2.13. The number of nitrogens with zero attached hydrogens (tertiary/aromatic N) is 4. The number of methoxy groups -OCH3 is 1. The number of anilines is 2. The maximum absolute atomic E-state index is 5.04. The van der Waals surface area contributed by atoms with Crippen molar-refractivity contribution in [2.45, 2.75) is 20.4 Å². The SMILES string of the molecule is CCNc1nc(NCc2csc(C)n2)nc(OC)n1. The maximum Gasteiger partial charge on any atom is 0.322 e. The summed E-state index contributed by atoms with van der Waals surface area (Å²) in [5.41, 5.74) is 0.965. The molecule has 0 spiro atoms. The Kier molecular flexibility index (Phi) is 4.45. The zero-order chi connectivity index (χ0) is 13.7. The first-order valence-corrected chi connectivity index (χ1v) is 6.78. The summed E-state index contributed by atoms with van der Waals surface area (Å²) in [4.78, 5) is 16.8. The third-order valence-corrected chi connectivity index (χ3v) is 3.05. The molecule has 0 aliphatic carbocycles. The van der Waals surface area contributed by atoms with Crippen LogP contribution in [0.1, 0.15) is 17.6 Å². The molecule has 0 saturated carbocycles. The quantitative estimate of drug-likeness (QED) is 0.832. The van der Waals surface area contributed by atoms with E-state index in [0.717, 1.165) is 17.2 Å². The summed E-state index contributed by atoms with van der Waals surface area (Å²) in [6.45, 7) is 5.26. The average Bonchev–Trinajstić information content (AvgIpc) is 2.82. The summed E-state index contributed by atoms with van der Waals surface area (Å²) in [5.74, 6) is 0.958. The predicted molar refractivity (Wildman–Crippen MR) is 74.7 cm³/mol. The van der Waals surface area contributed by atoms with E-state index < -0.39 is 0 Å². The lowest BCUT2D eigenvalue weighted by atomic mass is 10.5. The van der Waals surface area contributed by atoms with Gasteiger partial charge in [0, 0.05) is 11.9 Å². The fourth-order valence-electron chi connectivity index (χ4n) is 1.42. The number of ether oxygens (including phenoxy) is 1. The number of hydrogen-bond donors (Lipinski definition) is 2. The fraction of sp³-hybridized carbons (Fsp3) is 0.455. The zero-order valence-electron chi connectivity index (χ0n) is 11.1. The molecule has 0 aromatic carbocycles. The smallest absolute Gasteiger partial charge is 0.322 e. The number of nitrogens with one attached hydrogen (secondary N) is 2. The molecule has 7 nitrogen and oxygen atoms in total. The Morgan fingerprint density at radius 3 is 2.47 bits per heavy atom. The third kappa shape index (κ3) is 3.75. The van der Waals surface area contributed by atoms with Crippen molar-refractivity contribution in [3.8, 4) is 6.01 Å². The van der Waals surface area contributed by atoms with Crippen molar-refractivity contribution in [3.05, 3.63) is 16.1 Å². The molecule has 0 aliphatic rings. The molecule has 0 radical (unpaired) electrons. The predicted octanol–water partition coefficient (Wildman–Crippen LogP) is 1.69. The number of aryl methyl sites for hydroxylation is 1. The lowest BCUT2D eigenvalue weighted by molar-refractivity contribution is 0.379. The summed E-state index contributed by atoms with van der Waals surface area (Å²) in [5, 5.41) is 9.18. The molecule has 2 N–H and O–H groups in total. The standard InChI is InChI=1S/C11H16N6OS/c1-4-12-9-15-10(17-11(16-9)18-3)13-5-8-6-19-7(2)14-8/h6H,4-5H2,1-3H3,(H2,12,13,15,16,17). The fourth-order valence-corrected chi connectivity index (χ4v) is 2.04. The molecule has 102 valence electrons. The molecule has 0 aliphatic heterocycles. The van der Waals surface area contributed by atoms with E-state index in [1.807, 2.05) is 19.2 Å². The molecular weight excluding hydrogens is 264 g/mol. The van der Waals surface area contributed by atoms with Gasteiger partial charge in [-0.1, -0.05) is 0 Å². The highest BCUT2D eigenvalue weighted by molar-refractivity contribution is 7.09. The summed E-state index contributed by atoms with van der Waals surface area (Å²) >= 11 is 1.62. The number of aromatic nitrogens is 4. The highest BCUT2D eigenvalue weighted by atomic mass is 32.1. The molecule has 2 heterocycles. The van der Waals surface area contributed by atoms with Gasteiger partial charge in [-0.3, -0.25) is 0 Å². The van der Waals surface area contributed by atoms with E-state index >= 15 is 0 Å².